The number of hydrogen-bond acceptors (Lipinski definition) is 3. The Bertz CT molecular complexity index is 817. The van der Waals surface area contributed by atoms with Crippen LogP contribution in [0.25, 0.3) is 0 Å². The van der Waals surface area contributed by atoms with Crippen molar-refractivity contribution in [1.29, 1.82) is 0 Å². The Morgan fingerprint density at radius 3 is 2.44 bits per heavy atom. The molecule has 0 unspecified atom stereocenters. The van der Waals surface area contributed by atoms with E-state index in [1.54, 1.807) is 0 Å². The number of nitrogens with one attached hydrogen (secondary N) is 2. The number of piperidine rings is 1. The van der Waals surface area contributed by atoms with Gasteiger partial charge in [0.15, 0.2) is 0 Å². The number of amides is 2. The van der Waals surface area contributed by atoms with Crippen LogP contribution in [0.1, 0.15) is 28.8 Å². The van der Waals surface area contributed by atoms with Crippen LogP contribution in [-0.2, 0) is 4.79 Å². The molecule has 2 aromatic carbocycles. The molecule has 0 spiro atoms. The lowest BCUT2D eigenvalue weighted by Gasteiger charge is -2.32. The zero-order valence-corrected chi connectivity index (χ0v) is 17.0. The van der Waals surface area contributed by atoms with E-state index in [9.17, 15) is 9.59 Å². The van der Waals surface area contributed by atoms with Gasteiger partial charge in [0.05, 0.1) is 12.2 Å². The highest BCUT2D eigenvalue weighted by atomic mass is 79.9. The molecular formula is C21H24BrN3O2. The number of rotatable bonds is 5. The average molecular weight is 430 g/mol. The van der Waals surface area contributed by atoms with Gasteiger partial charge in [0.25, 0.3) is 5.91 Å². The van der Waals surface area contributed by atoms with Crippen molar-refractivity contribution in [2.24, 2.45) is 0 Å². The fraction of sp³-hybridized carbons (Fsp3) is 0.333. The van der Waals surface area contributed by atoms with Gasteiger partial charge in [0.1, 0.15) is 0 Å². The first-order valence-corrected chi connectivity index (χ1v) is 9.95. The van der Waals surface area contributed by atoms with Crippen molar-refractivity contribution in [3.63, 3.8) is 0 Å². The molecule has 0 saturated carbocycles. The van der Waals surface area contributed by atoms with Crippen molar-refractivity contribution < 1.29 is 9.59 Å². The second-order valence-electron chi connectivity index (χ2n) is 6.87. The Labute approximate surface area is 168 Å². The summed E-state index contributed by atoms with van der Waals surface area (Å²) in [6.07, 6.45) is 1.69. The zero-order valence-electron chi connectivity index (χ0n) is 15.4. The van der Waals surface area contributed by atoms with E-state index in [2.05, 4.69) is 31.5 Å². The number of para-hydroxylation sites is 1. The number of carbonyl (C=O) groups is 2. The van der Waals surface area contributed by atoms with Gasteiger partial charge in [-0.2, -0.15) is 0 Å². The number of carbonyl (C=O) groups excluding carboxylic acids is 2. The number of likely N-dealkylation sites (tertiary alicyclic amines) is 1. The van der Waals surface area contributed by atoms with E-state index in [1.807, 2.05) is 55.5 Å². The lowest BCUT2D eigenvalue weighted by atomic mass is 10.0. The van der Waals surface area contributed by atoms with Crippen LogP contribution in [0.4, 0.5) is 5.69 Å². The Hall–Kier alpha value is -2.18. The molecule has 1 heterocycles. The minimum atomic E-state index is -0.0238. The summed E-state index contributed by atoms with van der Waals surface area (Å²) >= 11 is 3.44. The fourth-order valence-electron chi connectivity index (χ4n) is 3.28. The van der Waals surface area contributed by atoms with Crippen molar-refractivity contribution >= 4 is 33.4 Å². The van der Waals surface area contributed by atoms with E-state index < -0.39 is 0 Å². The molecule has 2 N–H and O–H groups in total. The van der Waals surface area contributed by atoms with Gasteiger partial charge in [0.2, 0.25) is 5.91 Å². The van der Waals surface area contributed by atoms with Crippen LogP contribution >= 0.6 is 15.9 Å². The van der Waals surface area contributed by atoms with Crippen LogP contribution in [0, 0.1) is 6.92 Å². The van der Waals surface area contributed by atoms with E-state index >= 15 is 0 Å². The van der Waals surface area contributed by atoms with Gasteiger partial charge in [-0.3, -0.25) is 14.5 Å². The van der Waals surface area contributed by atoms with Gasteiger partial charge < -0.3 is 10.6 Å². The minimum Gasteiger partial charge on any atom is -0.349 e. The van der Waals surface area contributed by atoms with Gasteiger partial charge in [-0.15, -0.1) is 0 Å². The molecule has 1 aliphatic rings. The van der Waals surface area contributed by atoms with E-state index in [1.165, 1.54) is 0 Å². The summed E-state index contributed by atoms with van der Waals surface area (Å²) in [6.45, 7) is 3.89. The number of benzene rings is 2. The van der Waals surface area contributed by atoms with Crippen LogP contribution < -0.4 is 10.6 Å². The summed E-state index contributed by atoms with van der Waals surface area (Å²) in [5.41, 5.74) is 2.49. The third-order valence-electron chi connectivity index (χ3n) is 4.83. The van der Waals surface area contributed by atoms with Gasteiger partial charge in [0, 0.05) is 29.2 Å². The lowest BCUT2D eigenvalue weighted by Crippen LogP contribution is -2.46. The normalized spacial score (nSPS) is 15.3. The van der Waals surface area contributed by atoms with E-state index in [4.69, 9.17) is 0 Å². The summed E-state index contributed by atoms with van der Waals surface area (Å²) in [4.78, 5) is 26.8. The van der Waals surface area contributed by atoms with Gasteiger partial charge in [-0.05, 0) is 59.5 Å². The third kappa shape index (κ3) is 5.40. The molecule has 1 aliphatic heterocycles. The lowest BCUT2D eigenvalue weighted by molar-refractivity contribution is -0.117. The first-order valence-electron chi connectivity index (χ1n) is 9.16. The predicted octanol–water partition coefficient (Wildman–Crippen LogP) is 3.59. The number of hydrogen-bond donors (Lipinski definition) is 2. The summed E-state index contributed by atoms with van der Waals surface area (Å²) in [6, 6.07) is 15.3. The molecule has 0 atom stereocenters. The maximum atomic E-state index is 12.4. The van der Waals surface area contributed by atoms with Crippen LogP contribution in [0.3, 0.4) is 0 Å². The number of nitrogens with zero attached hydrogens (tertiary/aromatic N) is 1. The molecule has 142 valence electrons. The molecule has 0 aliphatic carbocycles. The maximum Gasteiger partial charge on any atom is 0.251 e. The Balaban J connectivity index is 1.45. The maximum absolute atomic E-state index is 12.4. The molecular weight excluding hydrogens is 406 g/mol. The number of anilines is 1. The van der Waals surface area contributed by atoms with E-state index in [0.717, 1.165) is 47.2 Å². The Morgan fingerprint density at radius 2 is 1.74 bits per heavy atom. The molecule has 5 nitrogen and oxygen atoms in total. The van der Waals surface area contributed by atoms with Crippen molar-refractivity contribution in [2.75, 3.05) is 25.0 Å². The molecule has 0 aromatic heterocycles. The van der Waals surface area contributed by atoms with Crippen LogP contribution in [0.2, 0.25) is 0 Å². The highest BCUT2D eigenvalue weighted by Crippen LogP contribution is 2.21. The second kappa shape index (κ2) is 9.15. The molecule has 0 radical (unpaired) electrons. The molecule has 2 aromatic rings. The zero-order chi connectivity index (χ0) is 19.2. The largest absolute Gasteiger partial charge is 0.349 e. The van der Waals surface area contributed by atoms with E-state index in [0.29, 0.717) is 6.54 Å². The van der Waals surface area contributed by atoms with E-state index in [-0.39, 0.29) is 17.9 Å². The van der Waals surface area contributed by atoms with Gasteiger partial charge in [-0.1, -0.05) is 30.3 Å². The molecule has 1 fully saturated rings. The Morgan fingerprint density at radius 1 is 1.07 bits per heavy atom. The first-order chi connectivity index (χ1) is 13.0. The smallest absolute Gasteiger partial charge is 0.251 e. The van der Waals surface area contributed by atoms with Crippen molar-refractivity contribution in [3.8, 4) is 0 Å². The van der Waals surface area contributed by atoms with Crippen LogP contribution in [0.15, 0.2) is 53.0 Å². The Kier molecular flexibility index (Phi) is 6.63. The monoisotopic (exact) mass is 429 g/mol. The van der Waals surface area contributed by atoms with Gasteiger partial charge >= 0.3 is 0 Å². The molecule has 27 heavy (non-hydrogen) atoms. The third-order valence-corrected chi connectivity index (χ3v) is 5.52. The standard InChI is InChI=1S/C21H24BrN3O2/c1-15-6-2-3-7-17(15)21(27)23-16-10-12-25(13-11-16)14-20(26)24-19-9-5-4-8-18(19)22/h2-9,16H,10-14H2,1H3,(H,23,27)(H,24,26). The second-order valence-corrected chi connectivity index (χ2v) is 7.72. The topological polar surface area (TPSA) is 61.4 Å². The molecule has 2 amide bonds. The summed E-state index contributed by atoms with van der Waals surface area (Å²) < 4.78 is 0.871. The van der Waals surface area contributed by atoms with Crippen molar-refractivity contribution in [1.82, 2.24) is 10.2 Å². The highest BCUT2D eigenvalue weighted by molar-refractivity contribution is 9.10. The molecule has 0 bridgehead atoms. The minimum absolute atomic E-state index is 0.0155. The van der Waals surface area contributed by atoms with Gasteiger partial charge in [-0.25, -0.2) is 0 Å². The fourth-order valence-corrected chi connectivity index (χ4v) is 3.67. The highest BCUT2D eigenvalue weighted by Gasteiger charge is 2.23. The predicted molar refractivity (Wildman–Crippen MR) is 111 cm³/mol. The van der Waals surface area contributed by atoms with Crippen molar-refractivity contribution in [2.45, 2.75) is 25.8 Å². The summed E-state index contributed by atoms with van der Waals surface area (Å²) in [7, 11) is 0. The summed E-state index contributed by atoms with van der Waals surface area (Å²) in [5.74, 6) is -0.0393. The quantitative estimate of drug-likeness (QED) is 0.762. The number of halogens is 1. The molecule has 6 heteroatoms. The van der Waals surface area contributed by atoms with Crippen LogP contribution in [-0.4, -0.2) is 42.4 Å². The first kappa shape index (κ1) is 19.6. The molecule has 1 saturated heterocycles. The number of aryl methyl sites for hydroxylation is 1. The van der Waals surface area contributed by atoms with Crippen LogP contribution in [0.5, 0.6) is 0 Å². The SMILES string of the molecule is Cc1ccccc1C(=O)NC1CCN(CC(=O)Nc2ccccc2Br)CC1. The average Bonchev–Trinajstić information content (AvgIpc) is 2.65. The molecule has 3 rings (SSSR count). The summed E-state index contributed by atoms with van der Waals surface area (Å²) in [5, 5.41) is 6.06. The van der Waals surface area contributed by atoms with Crippen molar-refractivity contribution in [3.05, 3.63) is 64.1 Å².